The molecule has 18 heavy (non-hydrogen) atoms. The molecule has 1 fully saturated rings. The first-order valence-electron chi connectivity index (χ1n) is 6.50. The van der Waals surface area contributed by atoms with E-state index in [1.807, 2.05) is 0 Å². The average molecular weight is 271 g/mol. The van der Waals surface area contributed by atoms with E-state index in [0.29, 0.717) is 5.02 Å². The summed E-state index contributed by atoms with van der Waals surface area (Å²) in [6, 6.07) is 4.60. The Balaban J connectivity index is 1.76. The highest BCUT2D eigenvalue weighted by Gasteiger charge is 2.13. The number of likely N-dealkylation sites (N-methyl/N-ethyl adjacent to an activating group) is 1. The molecule has 1 aromatic rings. The van der Waals surface area contributed by atoms with Gasteiger partial charge in [-0.2, -0.15) is 0 Å². The van der Waals surface area contributed by atoms with Crippen LogP contribution in [0.4, 0.5) is 4.39 Å². The summed E-state index contributed by atoms with van der Waals surface area (Å²) in [4.78, 5) is 4.81. The molecule has 0 unspecified atom stereocenters. The molecule has 0 N–H and O–H groups in total. The number of benzene rings is 1. The van der Waals surface area contributed by atoms with E-state index in [1.165, 1.54) is 6.07 Å². The third-order valence-electron chi connectivity index (χ3n) is 3.52. The highest BCUT2D eigenvalue weighted by Crippen LogP contribution is 2.18. The smallest absolute Gasteiger partial charge is 0.123 e. The lowest BCUT2D eigenvalue weighted by Crippen LogP contribution is -2.44. The van der Waals surface area contributed by atoms with Crippen LogP contribution >= 0.6 is 11.6 Å². The predicted octanol–water partition coefficient (Wildman–Crippen LogP) is 2.66. The Morgan fingerprint density at radius 3 is 2.67 bits per heavy atom. The van der Waals surface area contributed by atoms with Crippen molar-refractivity contribution in [3.8, 4) is 0 Å². The van der Waals surface area contributed by atoms with Gasteiger partial charge in [-0.3, -0.25) is 0 Å². The lowest BCUT2D eigenvalue weighted by atomic mass is 10.1. The Kier molecular flexibility index (Phi) is 4.98. The molecule has 0 amide bonds. The summed E-state index contributed by atoms with van der Waals surface area (Å²) in [5.74, 6) is -0.200. The summed E-state index contributed by atoms with van der Waals surface area (Å²) < 4.78 is 13.1. The van der Waals surface area contributed by atoms with Crippen LogP contribution in [-0.4, -0.2) is 49.6 Å². The molecule has 1 aliphatic heterocycles. The number of rotatable bonds is 4. The molecule has 100 valence electrons. The molecular weight excluding hydrogens is 251 g/mol. The van der Waals surface area contributed by atoms with Gasteiger partial charge in [0.15, 0.2) is 0 Å². The quantitative estimate of drug-likeness (QED) is 0.830. The Bertz CT molecular complexity index is 389. The third kappa shape index (κ3) is 3.94. The lowest BCUT2D eigenvalue weighted by molar-refractivity contribution is 0.153. The van der Waals surface area contributed by atoms with E-state index in [-0.39, 0.29) is 5.82 Å². The third-order valence-corrected chi connectivity index (χ3v) is 3.89. The maximum atomic E-state index is 13.1. The van der Waals surface area contributed by atoms with E-state index in [2.05, 4.69) is 16.8 Å². The Morgan fingerprint density at radius 1 is 1.22 bits per heavy atom. The predicted molar refractivity (Wildman–Crippen MR) is 73.7 cm³/mol. The van der Waals surface area contributed by atoms with E-state index < -0.39 is 0 Å². The van der Waals surface area contributed by atoms with Gasteiger partial charge in [0.1, 0.15) is 5.82 Å². The zero-order valence-electron chi connectivity index (χ0n) is 10.8. The van der Waals surface area contributed by atoms with Gasteiger partial charge >= 0.3 is 0 Å². The average Bonchev–Trinajstić information content (AvgIpc) is 2.36. The summed E-state index contributed by atoms with van der Waals surface area (Å²) in [6.45, 7) is 5.61. The maximum absolute atomic E-state index is 13.1. The molecule has 0 aromatic heterocycles. The molecule has 0 saturated carbocycles. The Morgan fingerprint density at radius 2 is 1.94 bits per heavy atom. The topological polar surface area (TPSA) is 6.48 Å². The van der Waals surface area contributed by atoms with Crippen molar-refractivity contribution in [1.82, 2.24) is 9.80 Å². The highest BCUT2D eigenvalue weighted by atomic mass is 35.5. The molecule has 2 nitrogen and oxygen atoms in total. The standard InChI is InChI=1S/C14H20ClFN2/c1-17-7-9-18(10-8-17)6-2-3-12-11-13(16)4-5-14(12)15/h4-5,11H,2-3,6-10H2,1H3. The molecule has 0 aliphatic carbocycles. The fourth-order valence-corrected chi connectivity index (χ4v) is 2.51. The monoisotopic (exact) mass is 270 g/mol. The first-order chi connectivity index (χ1) is 8.65. The summed E-state index contributed by atoms with van der Waals surface area (Å²) in [6.07, 6.45) is 1.88. The normalized spacial score (nSPS) is 18.2. The zero-order chi connectivity index (χ0) is 13.0. The van der Waals surface area contributed by atoms with Gasteiger partial charge in [-0.25, -0.2) is 4.39 Å². The van der Waals surface area contributed by atoms with Crippen molar-refractivity contribution >= 4 is 11.6 Å². The van der Waals surface area contributed by atoms with Gasteiger partial charge in [-0.15, -0.1) is 0 Å². The molecule has 0 bridgehead atoms. The van der Waals surface area contributed by atoms with Crippen LogP contribution in [0.2, 0.25) is 5.02 Å². The van der Waals surface area contributed by atoms with Gasteiger partial charge in [0, 0.05) is 31.2 Å². The number of aryl methyl sites for hydroxylation is 1. The summed E-state index contributed by atoms with van der Waals surface area (Å²) in [7, 11) is 2.16. The van der Waals surface area contributed by atoms with Gasteiger partial charge in [0.25, 0.3) is 0 Å². The van der Waals surface area contributed by atoms with Crippen LogP contribution in [-0.2, 0) is 6.42 Å². The van der Waals surface area contributed by atoms with Gasteiger partial charge < -0.3 is 9.80 Å². The molecule has 0 atom stereocenters. The first kappa shape index (κ1) is 13.8. The van der Waals surface area contributed by atoms with Crippen LogP contribution in [0.3, 0.4) is 0 Å². The van der Waals surface area contributed by atoms with E-state index in [0.717, 1.165) is 51.1 Å². The summed E-state index contributed by atoms with van der Waals surface area (Å²) >= 11 is 6.05. The second-order valence-electron chi connectivity index (χ2n) is 4.98. The number of piperazine rings is 1. The van der Waals surface area contributed by atoms with E-state index in [4.69, 9.17) is 11.6 Å². The van der Waals surface area contributed by atoms with Crippen LogP contribution in [0.5, 0.6) is 0 Å². The minimum Gasteiger partial charge on any atom is -0.304 e. The second kappa shape index (κ2) is 6.50. The van der Waals surface area contributed by atoms with E-state index in [9.17, 15) is 4.39 Å². The van der Waals surface area contributed by atoms with Gasteiger partial charge in [-0.1, -0.05) is 11.6 Å². The number of hydrogen-bond donors (Lipinski definition) is 0. The van der Waals surface area contributed by atoms with Gasteiger partial charge in [0.2, 0.25) is 0 Å². The van der Waals surface area contributed by atoms with Crippen LogP contribution < -0.4 is 0 Å². The minimum absolute atomic E-state index is 0.200. The van der Waals surface area contributed by atoms with Crippen molar-refractivity contribution in [3.63, 3.8) is 0 Å². The van der Waals surface area contributed by atoms with Crippen LogP contribution in [0.1, 0.15) is 12.0 Å². The fourth-order valence-electron chi connectivity index (χ4n) is 2.30. The van der Waals surface area contributed by atoms with Crippen molar-refractivity contribution in [2.75, 3.05) is 39.8 Å². The van der Waals surface area contributed by atoms with E-state index >= 15 is 0 Å². The molecule has 0 spiro atoms. The van der Waals surface area contributed by atoms with Gasteiger partial charge in [0.05, 0.1) is 0 Å². The molecular formula is C14H20ClFN2. The fraction of sp³-hybridized carbons (Fsp3) is 0.571. The van der Waals surface area contributed by atoms with E-state index in [1.54, 1.807) is 12.1 Å². The number of nitrogens with zero attached hydrogens (tertiary/aromatic N) is 2. The molecule has 1 aromatic carbocycles. The molecule has 1 saturated heterocycles. The van der Waals surface area contributed by atoms with Crippen molar-refractivity contribution in [3.05, 3.63) is 34.6 Å². The van der Waals surface area contributed by atoms with Crippen LogP contribution in [0.15, 0.2) is 18.2 Å². The minimum atomic E-state index is -0.200. The molecule has 1 aliphatic rings. The largest absolute Gasteiger partial charge is 0.304 e. The number of halogens is 2. The Hall–Kier alpha value is -0.640. The van der Waals surface area contributed by atoms with Crippen LogP contribution in [0, 0.1) is 5.82 Å². The van der Waals surface area contributed by atoms with Gasteiger partial charge in [-0.05, 0) is 50.2 Å². The highest BCUT2D eigenvalue weighted by molar-refractivity contribution is 6.31. The summed E-state index contributed by atoms with van der Waals surface area (Å²) in [5.41, 5.74) is 0.922. The van der Waals surface area contributed by atoms with Crippen LogP contribution in [0.25, 0.3) is 0 Å². The lowest BCUT2D eigenvalue weighted by Gasteiger charge is -2.32. The molecule has 4 heteroatoms. The zero-order valence-corrected chi connectivity index (χ0v) is 11.6. The Labute approximate surface area is 113 Å². The molecule has 1 heterocycles. The first-order valence-corrected chi connectivity index (χ1v) is 6.88. The SMILES string of the molecule is CN1CCN(CCCc2cc(F)ccc2Cl)CC1. The van der Waals surface area contributed by atoms with Crippen molar-refractivity contribution < 1.29 is 4.39 Å². The van der Waals surface area contributed by atoms with Crippen molar-refractivity contribution in [1.29, 1.82) is 0 Å². The van der Waals surface area contributed by atoms with Crippen molar-refractivity contribution in [2.24, 2.45) is 0 Å². The summed E-state index contributed by atoms with van der Waals surface area (Å²) in [5, 5.41) is 0.676. The second-order valence-corrected chi connectivity index (χ2v) is 5.39. The van der Waals surface area contributed by atoms with Crippen molar-refractivity contribution in [2.45, 2.75) is 12.8 Å². The molecule has 0 radical (unpaired) electrons. The molecule has 2 rings (SSSR count). The maximum Gasteiger partial charge on any atom is 0.123 e. The number of hydrogen-bond acceptors (Lipinski definition) is 2.